The van der Waals surface area contributed by atoms with E-state index in [4.69, 9.17) is 27.9 Å². The van der Waals surface area contributed by atoms with Crippen LogP contribution in [-0.2, 0) is 47.6 Å². The molecule has 0 aromatic heterocycles. The number of ether oxygens (including phenoxy) is 5. The number of carbonyl (C=O) groups excluding carboxylic acids is 2. The summed E-state index contributed by atoms with van der Waals surface area (Å²) >= 11 is 0. The zero-order valence-corrected chi connectivity index (χ0v) is 37.6. The zero-order valence-electron chi connectivity index (χ0n) is 36.7. The van der Waals surface area contributed by atoms with Crippen LogP contribution in [0.3, 0.4) is 0 Å². The molecule has 10 bridgehead atoms. The van der Waals surface area contributed by atoms with Gasteiger partial charge >= 0.3 is 11.9 Å². The van der Waals surface area contributed by atoms with Gasteiger partial charge < -0.3 is 23.7 Å². The molecule has 0 radical (unpaired) electrons. The Labute approximate surface area is 341 Å². The second-order valence-corrected chi connectivity index (χ2v) is 18.4. The summed E-state index contributed by atoms with van der Waals surface area (Å²) in [6.45, 7) is 22.1. The third-order valence-electron chi connectivity index (χ3n) is 13.7. The van der Waals surface area contributed by atoms with Crippen LogP contribution < -0.4 is 0 Å². The monoisotopic (exact) mass is 813 g/mol. The van der Waals surface area contributed by atoms with E-state index in [2.05, 4.69) is 0 Å². The van der Waals surface area contributed by atoms with Crippen LogP contribution in [0.2, 0.25) is 0 Å². The van der Waals surface area contributed by atoms with Gasteiger partial charge in [0.1, 0.15) is 18.3 Å². The molecule has 0 amide bonds. The topological polar surface area (TPSA) is 124 Å². The van der Waals surface area contributed by atoms with Gasteiger partial charge in [-0.1, -0.05) is 75.7 Å². The van der Waals surface area contributed by atoms with Crippen LogP contribution in [0.15, 0.2) is 0 Å². The van der Waals surface area contributed by atoms with Crippen LogP contribution in [0.1, 0.15) is 166 Å². The smallest absolute Gasteiger partial charge is 0.312 e. The van der Waals surface area contributed by atoms with Crippen molar-refractivity contribution in [2.75, 3.05) is 13.2 Å². The Bertz CT molecular complexity index is 1270. The predicted octanol–water partition coefficient (Wildman–Crippen LogP) is 9.45. The first kappa shape index (κ1) is 47.4. The molecule has 13 fully saturated rings. The van der Waals surface area contributed by atoms with Gasteiger partial charge in [0.2, 0.25) is 0 Å². The van der Waals surface area contributed by atoms with Crippen molar-refractivity contribution in [1.82, 2.24) is 0 Å². The Kier molecular flexibility index (Phi) is 18.9. The van der Waals surface area contributed by atoms with Crippen molar-refractivity contribution in [3.63, 3.8) is 0 Å². The number of carbonyl (C=O) groups is 2. The van der Waals surface area contributed by atoms with Crippen molar-refractivity contribution in [1.29, 1.82) is 0 Å². The Morgan fingerprint density at radius 1 is 0.518 bits per heavy atom. The number of esters is 2. The van der Waals surface area contributed by atoms with Gasteiger partial charge in [-0.05, 0) is 113 Å². The van der Waals surface area contributed by atoms with E-state index in [0.717, 1.165) is 88.3 Å². The van der Waals surface area contributed by atoms with Crippen LogP contribution in [0.4, 0.5) is 0 Å². The maximum atomic E-state index is 11.3. The summed E-state index contributed by atoms with van der Waals surface area (Å²) in [6.07, 6.45) is 20.1. The number of hydrogen-bond acceptors (Lipinski definition) is 10. The van der Waals surface area contributed by atoms with Crippen molar-refractivity contribution in [2.45, 2.75) is 214 Å². The minimum absolute atomic E-state index is 0.0324. The number of rotatable bonds is 0. The molecular formula is C45H80O10S. The van der Waals surface area contributed by atoms with Gasteiger partial charge in [-0.15, -0.1) is 0 Å². The summed E-state index contributed by atoms with van der Waals surface area (Å²) in [6, 6.07) is 0. The molecule has 0 aromatic carbocycles. The van der Waals surface area contributed by atoms with E-state index in [1.807, 2.05) is 69.2 Å². The average Bonchev–Trinajstić information content (AvgIpc) is 4.08. The molecule has 0 spiro atoms. The lowest BCUT2D eigenvalue weighted by Crippen LogP contribution is -2.22. The molecule has 326 valence electrons. The van der Waals surface area contributed by atoms with Crippen molar-refractivity contribution in [3.05, 3.63) is 0 Å². The van der Waals surface area contributed by atoms with E-state index < -0.39 is 10.1 Å². The normalized spacial score (nSPS) is 44.1. The summed E-state index contributed by atoms with van der Waals surface area (Å²) in [5.74, 6) is 5.35. The van der Waals surface area contributed by atoms with Crippen molar-refractivity contribution < 1.29 is 45.9 Å². The van der Waals surface area contributed by atoms with E-state index in [1.54, 1.807) is 0 Å². The fraction of sp³-hybridized carbons (Fsp3) is 0.956. The molecule has 11 heteroatoms. The highest BCUT2D eigenvalue weighted by Gasteiger charge is 2.59. The highest BCUT2D eigenvalue weighted by molar-refractivity contribution is 7.87. The molecule has 16 unspecified atom stereocenters. The highest BCUT2D eigenvalue weighted by atomic mass is 32.2. The summed E-state index contributed by atoms with van der Waals surface area (Å²) in [5.41, 5.74) is 0. The second-order valence-electron chi connectivity index (χ2n) is 16.6. The fourth-order valence-corrected chi connectivity index (χ4v) is 13.5. The maximum absolute atomic E-state index is 11.3. The van der Waals surface area contributed by atoms with E-state index in [-0.39, 0.29) is 47.3 Å². The van der Waals surface area contributed by atoms with Crippen molar-refractivity contribution >= 4 is 22.1 Å². The van der Waals surface area contributed by atoms with Gasteiger partial charge in [0.05, 0.1) is 48.1 Å². The Morgan fingerprint density at radius 2 is 1.21 bits per heavy atom. The van der Waals surface area contributed by atoms with Crippen molar-refractivity contribution in [2.24, 2.45) is 47.3 Å². The molecule has 7 saturated heterocycles. The molecule has 10 nitrogen and oxygen atoms in total. The van der Waals surface area contributed by atoms with Crippen molar-refractivity contribution in [3.8, 4) is 0 Å². The lowest BCUT2D eigenvalue weighted by Gasteiger charge is -2.14. The largest absolute Gasteiger partial charge is 0.462 e. The number of hydrogen-bond donors (Lipinski definition) is 0. The Balaban J connectivity index is 0.000000148. The van der Waals surface area contributed by atoms with E-state index in [0.29, 0.717) is 36.3 Å². The van der Waals surface area contributed by atoms with E-state index in [1.165, 1.54) is 44.9 Å². The van der Waals surface area contributed by atoms with Gasteiger partial charge in [0.15, 0.2) is 0 Å². The molecule has 0 N–H and O–H groups in total. The van der Waals surface area contributed by atoms with Crippen LogP contribution in [0, 0.1) is 47.3 Å². The van der Waals surface area contributed by atoms with Crippen LogP contribution in [-0.4, -0.2) is 81.5 Å². The summed E-state index contributed by atoms with van der Waals surface area (Å²) in [7, 11) is -3.13. The quantitative estimate of drug-likeness (QED) is 0.173. The summed E-state index contributed by atoms with van der Waals surface area (Å²) < 4.78 is 54.1. The molecule has 16 atom stereocenters. The third-order valence-corrected chi connectivity index (χ3v) is 15.5. The SMILES string of the molecule is C1CC2COC(C1)C2.C1OC2CC3CC1C2C3.CC.CC.CC.CC.CC.O=C1OC2CC3CC1C2O3.O=C1OC2CCC1C2.O=S1(=O)OC2CC3CC2C1C3. The van der Waals surface area contributed by atoms with E-state index >= 15 is 0 Å². The molecule has 13 rings (SSSR count). The van der Waals surface area contributed by atoms with Gasteiger partial charge in [-0.2, -0.15) is 8.42 Å². The van der Waals surface area contributed by atoms with Gasteiger partial charge in [-0.25, -0.2) is 0 Å². The van der Waals surface area contributed by atoms with Gasteiger partial charge in [-0.3, -0.25) is 13.8 Å². The Morgan fingerprint density at radius 3 is 1.68 bits per heavy atom. The van der Waals surface area contributed by atoms with Gasteiger partial charge in [0, 0.05) is 18.9 Å². The molecule has 13 aliphatic rings. The molecule has 56 heavy (non-hydrogen) atoms. The molecule has 6 aliphatic carbocycles. The maximum Gasteiger partial charge on any atom is 0.312 e. The van der Waals surface area contributed by atoms with Gasteiger partial charge in [0.25, 0.3) is 10.1 Å². The molecule has 0 aromatic rings. The highest BCUT2D eigenvalue weighted by Crippen LogP contribution is 2.55. The lowest BCUT2D eigenvalue weighted by atomic mass is 9.90. The second kappa shape index (κ2) is 22.4. The van der Waals surface area contributed by atoms with Crippen LogP contribution in [0.25, 0.3) is 0 Å². The van der Waals surface area contributed by atoms with E-state index in [9.17, 15) is 18.0 Å². The molecule has 6 saturated carbocycles. The summed E-state index contributed by atoms with van der Waals surface area (Å²) in [5, 5.41) is -0.133. The first-order valence-corrected chi connectivity index (χ1v) is 24.9. The average molecular weight is 813 g/mol. The third kappa shape index (κ3) is 10.7. The first-order chi connectivity index (χ1) is 27.3. The Hall–Kier alpha value is -1.27. The predicted molar refractivity (Wildman–Crippen MR) is 219 cm³/mol. The minimum atomic E-state index is -3.13. The number of fused-ring (bicyclic) bond motifs is 7. The molecule has 7 aliphatic heterocycles. The standard InChI is InChI=1S/C8H12O.C7H10O3S.C7H8O3.C7H12O.C6H8O2.5C2H6/c1-5-2-7-6(1)4-9-8(7)3-5;8-11(9)7-3-4-1-5(7)6(2-4)10-11;8-7-4-1-3-2-5(10-7)6(4)9-3;1-2-6-4-7(3-1)8-5-6;7-6-4-1-2-5(3-4)8-6;5*1-2/h5-8H,1-4H2;4-7H,1-3H2;3-6H,1-2H2;6-7H,1-5H2;4-5H,1-3H2;5*1-2H3. The lowest BCUT2D eigenvalue weighted by molar-refractivity contribution is -0.147. The zero-order chi connectivity index (χ0) is 41.2. The van der Waals surface area contributed by atoms with Crippen LogP contribution >= 0.6 is 0 Å². The minimum Gasteiger partial charge on any atom is -0.462 e. The summed E-state index contributed by atoms with van der Waals surface area (Å²) in [4.78, 5) is 21.6. The van der Waals surface area contributed by atoms with Crippen LogP contribution in [0.5, 0.6) is 0 Å². The molecular weight excluding hydrogens is 733 g/mol. The fourth-order valence-electron chi connectivity index (χ4n) is 11.6. The first-order valence-electron chi connectivity index (χ1n) is 23.5. The molecule has 7 heterocycles.